The van der Waals surface area contributed by atoms with Gasteiger partial charge in [-0.25, -0.2) is 0 Å². The van der Waals surface area contributed by atoms with E-state index in [-0.39, 0.29) is 0 Å². The summed E-state index contributed by atoms with van der Waals surface area (Å²) in [5, 5.41) is 1.28. The molecule has 0 saturated carbocycles. The van der Waals surface area contributed by atoms with Crippen molar-refractivity contribution in [2.75, 3.05) is 0 Å². The van der Waals surface area contributed by atoms with Crippen LogP contribution in [0.25, 0.3) is 37.1 Å². The molecule has 0 amide bonds. The lowest BCUT2D eigenvalue weighted by molar-refractivity contribution is 1.40. The van der Waals surface area contributed by atoms with Crippen LogP contribution in [-0.2, 0) is 0 Å². The molecular formula is C35H25S2+. The molecule has 4 aromatic carbocycles. The Morgan fingerprint density at radius 3 is 2.16 bits per heavy atom. The van der Waals surface area contributed by atoms with Gasteiger partial charge in [0.2, 0.25) is 20.9 Å². The van der Waals surface area contributed by atoms with Crippen molar-refractivity contribution in [2.45, 2.75) is 4.90 Å². The number of fused-ring (bicyclic) bond motifs is 2. The zero-order chi connectivity index (χ0) is 24.9. The van der Waals surface area contributed by atoms with E-state index in [4.69, 9.17) is 0 Å². The summed E-state index contributed by atoms with van der Waals surface area (Å²) >= 11 is 3.68. The monoisotopic (exact) mass is 509 g/mol. The smallest absolute Gasteiger partial charge is 0.0888 e. The lowest BCUT2D eigenvalue weighted by Gasteiger charge is -2.18. The average Bonchev–Trinajstić information content (AvgIpc) is 2.97. The van der Waals surface area contributed by atoms with Crippen molar-refractivity contribution in [2.24, 2.45) is 0 Å². The predicted molar refractivity (Wildman–Crippen MR) is 165 cm³/mol. The second-order valence-electron chi connectivity index (χ2n) is 8.77. The molecule has 2 heteroatoms. The molecule has 1 aliphatic rings. The Hall–Kier alpha value is -3.98. The quantitative estimate of drug-likeness (QED) is 0.168. The molecule has 0 unspecified atom stereocenters. The van der Waals surface area contributed by atoms with E-state index in [1.165, 1.54) is 52.6 Å². The van der Waals surface area contributed by atoms with Gasteiger partial charge in [0, 0.05) is 32.9 Å². The zero-order valence-corrected chi connectivity index (χ0v) is 21.9. The summed E-state index contributed by atoms with van der Waals surface area (Å²) in [5.74, 6) is 0. The SMILES string of the molecule is C1=C(c2ccccc2)Sc2ccccc2/C1=C/C=C/C=C/c1cc(-c2ccccc2)[s+]c2ccccc12. The predicted octanol–water partition coefficient (Wildman–Crippen LogP) is 10.6. The molecule has 176 valence electrons. The molecule has 37 heavy (non-hydrogen) atoms. The number of rotatable bonds is 5. The van der Waals surface area contributed by atoms with Crippen LogP contribution in [-0.4, -0.2) is 0 Å². The number of hydrogen-bond donors (Lipinski definition) is 0. The maximum Gasteiger partial charge on any atom is 0.239 e. The molecule has 1 aliphatic heterocycles. The number of allylic oxidation sites excluding steroid dienone is 6. The highest BCUT2D eigenvalue weighted by Crippen LogP contribution is 2.44. The van der Waals surface area contributed by atoms with E-state index in [1.54, 1.807) is 0 Å². The van der Waals surface area contributed by atoms with Crippen LogP contribution in [0, 0.1) is 0 Å². The first-order valence-corrected chi connectivity index (χ1v) is 14.0. The van der Waals surface area contributed by atoms with Crippen LogP contribution in [0.5, 0.6) is 0 Å². The van der Waals surface area contributed by atoms with Gasteiger partial charge in [-0.15, -0.1) is 0 Å². The third-order valence-corrected chi connectivity index (χ3v) is 8.60. The van der Waals surface area contributed by atoms with Gasteiger partial charge in [-0.1, -0.05) is 121 Å². The fourth-order valence-electron chi connectivity index (χ4n) is 4.47. The van der Waals surface area contributed by atoms with Crippen molar-refractivity contribution in [3.8, 4) is 10.4 Å². The normalized spacial score (nSPS) is 14.4. The summed E-state index contributed by atoms with van der Waals surface area (Å²) in [6.07, 6.45) is 13.1. The van der Waals surface area contributed by atoms with Crippen LogP contribution < -0.4 is 0 Å². The van der Waals surface area contributed by atoms with E-state index in [0.29, 0.717) is 0 Å². The minimum Gasteiger partial charge on any atom is -0.0888 e. The van der Waals surface area contributed by atoms with Crippen LogP contribution in [0.1, 0.15) is 16.7 Å². The Balaban J connectivity index is 1.31. The molecule has 0 radical (unpaired) electrons. The van der Waals surface area contributed by atoms with Crippen molar-refractivity contribution in [1.82, 2.24) is 0 Å². The van der Waals surface area contributed by atoms with E-state index in [2.05, 4.69) is 152 Å². The lowest BCUT2D eigenvalue weighted by Crippen LogP contribution is -1.93. The van der Waals surface area contributed by atoms with E-state index in [0.717, 1.165) is 0 Å². The summed E-state index contributed by atoms with van der Waals surface area (Å²) in [4.78, 5) is 3.85. The largest absolute Gasteiger partial charge is 0.239 e. The van der Waals surface area contributed by atoms with E-state index < -0.39 is 0 Å². The first kappa shape index (κ1) is 23.4. The van der Waals surface area contributed by atoms with Crippen molar-refractivity contribution in [3.05, 3.63) is 162 Å². The maximum atomic E-state index is 2.30. The van der Waals surface area contributed by atoms with Gasteiger partial charge in [-0.2, -0.15) is 0 Å². The highest BCUT2D eigenvalue weighted by Gasteiger charge is 2.17. The van der Waals surface area contributed by atoms with Crippen molar-refractivity contribution >= 4 is 49.7 Å². The first-order valence-electron chi connectivity index (χ1n) is 12.4. The number of hydrogen-bond acceptors (Lipinski definition) is 1. The number of thioether (sulfide) groups is 1. The minimum atomic E-state index is 1.23. The standard InChI is InChI=1S/C35H25S2/c1-4-14-26(15-5-1)34-24-28(30-20-10-12-22-32(30)36-34)18-8-3-9-19-29-25-35(27-16-6-2-7-17-27)37-33-23-13-11-21-31(29)33/h1-25H/q+1. The molecule has 0 nitrogen and oxygen atoms in total. The summed E-state index contributed by atoms with van der Waals surface area (Å²) in [5.41, 5.74) is 6.25. The maximum absolute atomic E-state index is 2.30. The molecule has 0 saturated heterocycles. The topological polar surface area (TPSA) is 0 Å². The summed E-state index contributed by atoms with van der Waals surface area (Å²) in [6, 6.07) is 40.8. The minimum absolute atomic E-state index is 1.23. The van der Waals surface area contributed by atoms with E-state index in [1.807, 2.05) is 23.1 Å². The van der Waals surface area contributed by atoms with Gasteiger partial charge in [0.05, 0.1) is 0 Å². The van der Waals surface area contributed by atoms with Gasteiger partial charge in [-0.3, -0.25) is 0 Å². The molecular weight excluding hydrogens is 485 g/mol. The summed E-state index contributed by atoms with van der Waals surface area (Å²) in [6.45, 7) is 0. The molecule has 0 spiro atoms. The Bertz CT molecular complexity index is 1670. The Labute approximate surface area is 226 Å². The van der Waals surface area contributed by atoms with E-state index >= 15 is 0 Å². The molecule has 0 bridgehead atoms. The van der Waals surface area contributed by atoms with Gasteiger partial charge in [0.25, 0.3) is 0 Å². The lowest BCUT2D eigenvalue weighted by atomic mass is 10.0. The molecule has 6 rings (SSSR count). The van der Waals surface area contributed by atoms with Gasteiger partial charge >= 0.3 is 0 Å². The van der Waals surface area contributed by atoms with Crippen LogP contribution in [0.3, 0.4) is 0 Å². The molecule has 2 heterocycles. The third-order valence-electron chi connectivity index (χ3n) is 6.30. The van der Waals surface area contributed by atoms with Gasteiger partial charge in [0.1, 0.15) is 0 Å². The molecule has 5 aromatic rings. The highest BCUT2D eigenvalue weighted by atomic mass is 32.2. The first-order chi connectivity index (χ1) is 18.3. The fourth-order valence-corrected chi connectivity index (χ4v) is 6.71. The van der Waals surface area contributed by atoms with Gasteiger partial charge < -0.3 is 0 Å². The second kappa shape index (κ2) is 11.0. The van der Waals surface area contributed by atoms with Crippen LogP contribution in [0.15, 0.2) is 151 Å². The van der Waals surface area contributed by atoms with Crippen molar-refractivity contribution in [3.63, 3.8) is 0 Å². The van der Waals surface area contributed by atoms with Gasteiger partial charge in [-0.05, 0) is 52.6 Å². The van der Waals surface area contributed by atoms with Crippen LogP contribution >= 0.6 is 23.1 Å². The summed E-state index contributed by atoms with van der Waals surface area (Å²) in [7, 11) is 0. The molecule has 1 aromatic heterocycles. The van der Waals surface area contributed by atoms with Gasteiger partial charge in [0.15, 0.2) is 0 Å². The van der Waals surface area contributed by atoms with Crippen LogP contribution in [0.4, 0.5) is 0 Å². The van der Waals surface area contributed by atoms with Crippen LogP contribution in [0.2, 0.25) is 0 Å². The molecule has 0 N–H and O–H groups in total. The molecule has 0 fully saturated rings. The Kier molecular flexibility index (Phi) is 6.94. The van der Waals surface area contributed by atoms with Crippen molar-refractivity contribution in [1.29, 1.82) is 0 Å². The number of benzene rings is 4. The highest BCUT2D eigenvalue weighted by molar-refractivity contribution is 8.08. The average molecular weight is 510 g/mol. The molecule has 0 aliphatic carbocycles. The molecule has 0 atom stereocenters. The second-order valence-corrected chi connectivity index (χ2v) is 10.9. The Morgan fingerprint density at radius 1 is 0.622 bits per heavy atom. The van der Waals surface area contributed by atoms with E-state index in [9.17, 15) is 0 Å². The third kappa shape index (κ3) is 5.27. The summed E-state index contributed by atoms with van der Waals surface area (Å²) < 4.78 is 1.30. The Morgan fingerprint density at radius 2 is 1.32 bits per heavy atom. The fraction of sp³-hybridized carbons (Fsp3) is 0. The van der Waals surface area contributed by atoms with Crippen molar-refractivity contribution < 1.29 is 0 Å². The zero-order valence-electron chi connectivity index (χ0n) is 20.3.